The standard InChI is InChI=1S/C14H18O3Si/c1-16-13-7-6-11(10-15)12(14(13)17-2)8-9-18(3,4)5/h6-7,10H,1-5H3. The first-order valence-corrected chi connectivity index (χ1v) is 9.16. The summed E-state index contributed by atoms with van der Waals surface area (Å²) in [6, 6.07) is 3.41. The molecule has 0 fully saturated rings. The van der Waals surface area contributed by atoms with Crippen molar-refractivity contribution in [3.05, 3.63) is 23.3 Å². The normalized spacial score (nSPS) is 10.3. The Balaban J connectivity index is 3.45. The SMILES string of the molecule is COc1ccc(C=O)c(C#C[Si](C)(C)C)c1OC. The van der Waals surface area contributed by atoms with Crippen LogP contribution in [0.5, 0.6) is 11.5 Å². The minimum absolute atomic E-state index is 0.521. The van der Waals surface area contributed by atoms with Crippen molar-refractivity contribution in [1.82, 2.24) is 0 Å². The van der Waals surface area contributed by atoms with Gasteiger partial charge in [-0.05, 0) is 12.1 Å². The van der Waals surface area contributed by atoms with E-state index in [4.69, 9.17) is 9.47 Å². The van der Waals surface area contributed by atoms with Crippen LogP contribution in [0.1, 0.15) is 15.9 Å². The third-order valence-electron chi connectivity index (χ3n) is 2.27. The van der Waals surface area contributed by atoms with Gasteiger partial charge in [-0.3, -0.25) is 4.79 Å². The molecule has 0 heterocycles. The molecule has 0 aromatic heterocycles. The van der Waals surface area contributed by atoms with E-state index >= 15 is 0 Å². The molecule has 0 amide bonds. The third kappa shape index (κ3) is 3.38. The van der Waals surface area contributed by atoms with Crippen LogP contribution in [-0.4, -0.2) is 28.6 Å². The Morgan fingerprint density at radius 1 is 1.17 bits per heavy atom. The van der Waals surface area contributed by atoms with E-state index in [0.717, 1.165) is 6.29 Å². The first-order valence-electron chi connectivity index (χ1n) is 5.66. The fraction of sp³-hybridized carbons (Fsp3) is 0.357. The van der Waals surface area contributed by atoms with E-state index in [1.165, 1.54) is 0 Å². The zero-order valence-corrected chi connectivity index (χ0v) is 12.5. The van der Waals surface area contributed by atoms with Gasteiger partial charge in [-0.25, -0.2) is 0 Å². The van der Waals surface area contributed by atoms with Gasteiger partial charge >= 0.3 is 0 Å². The summed E-state index contributed by atoms with van der Waals surface area (Å²) in [4.78, 5) is 11.1. The van der Waals surface area contributed by atoms with Crippen LogP contribution in [0.3, 0.4) is 0 Å². The van der Waals surface area contributed by atoms with Gasteiger partial charge in [0.1, 0.15) is 8.07 Å². The number of benzene rings is 1. The maximum atomic E-state index is 11.1. The molecule has 0 aliphatic rings. The first-order chi connectivity index (χ1) is 8.42. The minimum Gasteiger partial charge on any atom is -0.493 e. The van der Waals surface area contributed by atoms with Gasteiger partial charge < -0.3 is 9.47 Å². The number of carbonyl (C=O) groups excluding carboxylic acids is 1. The summed E-state index contributed by atoms with van der Waals surface area (Å²) in [5, 5.41) is 0. The zero-order chi connectivity index (χ0) is 13.8. The number of hydrogen-bond acceptors (Lipinski definition) is 3. The smallest absolute Gasteiger partial charge is 0.177 e. The lowest BCUT2D eigenvalue weighted by molar-refractivity contribution is 0.112. The van der Waals surface area contributed by atoms with Crippen molar-refractivity contribution in [1.29, 1.82) is 0 Å². The molecule has 0 saturated heterocycles. The monoisotopic (exact) mass is 262 g/mol. The number of carbonyl (C=O) groups is 1. The molecule has 0 radical (unpaired) electrons. The molecule has 18 heavy (non-hydrogen) atoms. The lowest BCUT2D eigenvalue weighted by Gasteiger charge is -2.11. The van der Waals surface area contributed by atoms with Gasteiger partial charge in [-0.15, -0.1) is 5.54 Å². The summed E-state index contributed by atoms with van der Waals surface area (Å²) >= 11 is 0. The van der Waals surface area contributed by atoms with Gasteiger partial charge in [0.05, 0.1) is 19.8 Å². The number of hydrogen-bond donors (Lipinski definition) is 0. The highest BCUT2D eigenvalue weighted by atomic mass is 28.3. The van der Waals surface area contributed by atoms with Crippen molar-refractivity contribution in [3.63, 3.8) is 0 Å². The average Bonchev–Trinajstić information content (AvgIpc) is 2.33. The molecular weight excluding hydrogens is 244 g/mol. The Labute approximate surface area is 109 Å². The average molecular weight is 262 g/mol. The van der Waals surface area contributed by atoms with E-state index in [-0.39, 0.29) is 0 Å². The second kappa shape index (κ2) is 5.74. The number of ether oxygens (including phenoxy) is 2. The van der Waals surface area contributed by atoms with Gasteiger partial charge in [0, 0.05) is 5.56 Å². The molecule has 0 atom stereocenters. The molecule has 3 nitrogen and oxygen atoms in total. The van der Waals surface area contributed by atoms with Crippen LogP contribution >= 0.6 is 0 Å². The summed E-state index contributed by atoms with van der Waals surface area (Å²) in [5.41, 5.74) is 4.37. The van der Waals surface area contributed by atoms with Crippen molar-refractivity contribution in [2.45, 2.75) is 19.6 Å². The fourth-order valence-electron chi connectivity index (χ4n) is 1.42. The molecule has 0 spiro atoms. The molecule has 0 aliphatic heterocycles. The second-order valence-electron chi connectivity index (χ2n) is 4.88. The Morgan fingerprint density at radius 3 is 2.28 bits per heavy atom. The molecule has 1 aromatic rings. The van der Waals surface area contributed by atoms with Crippen LogP contribution in [0.15, 0.2) is 12.1 Å². The van der Waals surface area contributed by atoms with Crippen LogP contribution in [0, 0.1) is 11.5 Å². The Kier molecular flexibility index (Phi) is 4.57. The Bertz CT molecular complexity index is 504. The van der Waals surface area contributed by atoms with Gasteiger partial charge in [0.2, 0.25) is 0 Å². The highest BCUT2D eigenvalue weighted by Crippen LogP contribution is 2.32. The molecule has 0 unspecified atom stereocenters. The summed E-state index contributed by atoms with van der Waals surface area (Å²) in [7, 11) is 1.60. The predicted molar refractivity (Wildman–Crippen MR) is 75.2 cm³/mol. The fourth-order valence-corrected chi connectivity index (χ4v) is 1.92. The van der Waals surface area contributed by atoms with E-state index in [2.05, 4.69) is 31.1 Å². The number of aldehydes is 1. The van der Waals surface area contributed by atoms with Crippen molar-refractivity contribution < 1.29 is 14.3 Å². The molecule has 0 N–H and O–H groups in total. The molecule has 1 rings (SSSR count). The predicted octanol–water partition coefficient (Wildman–Crippen LogP) is 2.75. The van der Waals surface area contributed by atoms with E-state index < -0.39 is 8.07 Å². The molecule has 4 heteroatoms. The summed E-state index contributed by atoms with van der Waals surface area (Å²) in [6.07, 6.45) is 0.788. The van der Waals surface area contributed by atoms with Crippen molar-refractivity contribution in [2.24, 2.45) is 0 Å². The molecule has 0 saturated carbocycles. The third-order valence-corrected chi connectivity index (χ3v) is 3.14. The van der Waals surface area contributed by atoms with Gasteiger partial charge in [-0.2, -0.15) is 0 Å². The maximum absolute atomic E-state index is 11.1. The topological polar surface area (TPSA) is 35.5 Å². The van der Waals surface area contributed by atoms with E-state index in [1.54, 1.807) is 26.4 Å². The van der Waals surface area contributed by atoms with Crippen LogP contribution in [0.25, 0.3) is 0 Å². The van der Waals surface area contributed by atoms with Gasteiger partial charge in [0.15, 0.2) is 17.8 Å². The van der Waals surface area contributed by atoms with Crippen LogP contribution < -0.4 is 9.47 Å². The van der Waals surface area contributed by atoms with Crippen LogP contribution in [0.4, 0.5) is 0 Å². The van der Waals surface area contributed by atoms with Gasteiger partial charge in [-0.1, -0.05) is 25.6 Å². The van der Waals surface area contributed by atoms with E-state index in [0.29, 0.717) is 22.6 Å². The summed E-state index contributed by atoms with van der Waals surface area (Å²) < 4.78 is 10.5. The lowest BCUT2D eigenvalue weighted by atomic mass is 10.1. The first kappa shape index (κ1) is 14.3. The Hall–Kier alpha value is -1.73. The van der Waals surface area contributed by atoms with Crippen molar-refractivity contribution >= 4 is 14.4 Å². The minimum atomic E-state index is -1.51. The second-order valence-corrected chi connectivity index (χ2v) is 9.63. The quantitative estimate of drug-likeness (QED) is 0.477. The summed E-state index contributed by atoms with van der Waals surface area (Å²) in [6.45, 7) is 6.44. The van der Waals surface area contributed by atoms with Crippen molar-refractivity contribution in [3.8, 4) is 23.0 Å². The van der Waals surface area contributed by atoms with E-state index in [9.17, 15) is 4.79 Å². The summed E-state index contributed by atoms with van der Waals surface area (Å²) in [5.74, 6) is 4.18. The molecular formula is C14H18O3Si. The Morgan fingerprint density at radius 2 is 1.83 bits per heavy atom. The maximum Gasteiger partial charge on any atom is 0.177 e. The van der Waals surface area contributed by atoms with Crippen molar-refractivity contribution in [2.75, 3.05) is 14.2 Å². The van der Waals surface area contributed by atoms with Crippen LogP contribution in [0.2, 0.25) is 19.6 Å². The molecule has 0 aliphatic carbocycles. The molecule has 1 aromatic carbocycles. The number of rotatable bonds is 3. The van der Waals surface area contributed by atoms with E-state index in [1.807, 2.05) is 0 Å². The van der Waals surface area contributed by atoms with Gasteiger partial charge in [0.25, 0.3) is 0 Å². The molecule has 96 valence electrons. The number of methoxy groups -OCH3 is 2. The van der Waals surface area contributed by atoms with Crippen LogP contribution in [-0.2, 0) is 0 Å². The lowest BCUT2D eigenvalue weighted by Crippen LogP contribution is -2.16. The molecule has 0 bridgehead atoms. The highest BCUT2D eigenvalue weighted by Gasteiger charge is 2.14. The largest absolute Gasteiger partial charge is 0.493 e. The highest BCUT2D eigenvalue weighted by molar-refractivity contribution is 6.83. The zero-order valence-electron chi connectivity index (χ0n) is 11.5.